The van der Waals surface area contributed by atoms with E-state index in [1.165, 1.54) is 16.4 Å². The van der Waals surface area contributed by atoms with Crippen molar-refractivity contribution in [1.82, 2.24) is 4.31 Å². The van der Waals surface area contributed by atoms with Gasteiger partial charge in [0.15, 0.2) is 0 Å². The van der Waals surface area contributed by atoms with Gasteiger partial charge in [0.2, 0.25) is 10.0 Å². The highest BCUT2D eigenvalue weighted by molar-refractivity contribution is 7.89. The molecule has 7 heteroatoms. The number of benzene rings is 1. The Bertz CT molecular complexity index is 637. The molecule has 112 valence electrons. The second-order valence-corrected chi connectivity index (χ2v) is 7.99. The van der Waals surface area contributed by atoms with Crippen LogP contribution in [0.1, 0.15) is 19.4 Å². The smallest absolute Gasteiger partial charge is 0.243 e. The van der Waals surface area contributed by atoms with E-state index in [0.717, 1.165) is 0 Å². The van der Waals surface area contributed by atoms with Gasteiger partial charge in [-0.15, -0.1) is 0 Å². The first-order valence-corrected chi connectivity index (χ1v) is 8.18. The molecule has 0 atom stereocenters. The molecule has 1 aliphatic rings. The van der Waals surface area contributed by atoms with Gasteiger partial charge in [-0.25, -0.2) is 8.42 Å². The maximum absolute atomic E-state index is 12.6. The number of nitrogens with zero attached hydrogens (tertiary/aromatic N) is 1. The first kappa shape index (κ1) is 15.6. The Morgan fingerprint density at radius 2 is 1.95 bits per heavy atom. The van der Waals surface area contributed by atoms with Gasteiger partial charge in [-0.1, -0.05) is 25.4 Å². The van der Waals surface area contributed by atoms with Crippen molar-refractivity contribution in [1.29, 1.82) is 0 Å². The van der Waals surface area contributed by atoms with E-state index in [9.17, 15) is 13.5 Å². The zero-order valence-corrected chi connectivity index (χ0v) is 13.3. The fourth-order valence-corrected chi connectivity index (χ4v) is 4.32. The predicted molar refractivity (Wildman–Crippen MR) is 79.1 cm³/mol. The fourth-order valence-electron chi connectivity index (χ4n) is 2.18. The minimum Gasteiger partial charge on any atom is -0.398 e. The Morgan fingerprint density at radius 3 is 2.45 bits per heavy atom. The Balaban J connectivity index is 2.35. The Hall–Kier alpha value is -0.820. The molecule has 0 saturated carbocycles. The van der Waals surface area contributed by atoms with Gasteiger partial charge in [-0.05, 0) is 30.5 Å². The van der Waals surface area contributed by atoms with Crippen molar-refractivity contribution in [2.24, 2.45) is 5.92 Å². The van der Waals surface area contributed by atoms with Crippen LogP contribution in [0.3, 0.4) is 0 Å². The molecule has 0 unspecified atom stereocenters. The number of aliphatic hydroxyl groups is 1. The zero-order chi connectivity index (χ0) is 15.3. The van der Waals surface area contributed by atoms with Crippen molar-refractivity contribution < 1.29 is 13.5 Å². The highest BCUT2D eigenvalue weighted by Crippen LogP contribution is 2.35. The van der Waals surface area contributed by atoms with Gasteiger partial charge in [-0.3, -0.25) is 0 Å². The molecule has 1 fully saturated rings. The molecule has 1 aromatic carbocycles. The lowest BCUT2D eigenvalue weighted by atomic mass is 9.85. The number of nitrogens with two attached hydrogens (primary N) is 1. The molecule has 20 heavy (non-hydrogen) atoms. The molecule has 2 rings (SSSR count). The first-order valence-electron chi connectivity index (χ1n) is 6.36. The Morgan fingerprint density at radius 1 is 1.40 bits per heavy atom. The summed E-state index contributed by atoms with van der Waals surface area (Å²) in [6, 6.07) is 2.92. The minimum atomic E-state index is -3.67. The van der Waals surface area contributed by atoms with Gasteiger partial charge in [0.25, 0.3) is 0 Å². The molecule has 1 aromatic rings. The van der Waals surface area contributed by atoms with E-state index in [-0.39, 0.29) is 28.9 Å². The second kappa shape index (κ2) is 4.87. The third-order valence-corrected chi connectivity index (χ3v) is 6.09. The summed E-state index contributed by atoms with van der Waals surface area (Å²) in [5.41, 5.74) is 5.63. The average Bonchev–Trinajstić information content (AvgIpc) is 2.29. The lowest BCUT2D eigenvalue weighted by molar-refractivity contribution is -0.0932. The monoisotopic (exact) mass is 318 g/mol. The summed E-state index contributed by atoms with van der Waals surface area (Å²) >= 11 is 5.89. The van der Waals surface area contributed by atoms with Gasteiger partial charge in [0, 0.05) is 23.8 Å². The van der Waals surface area contributed by atoms with Gasteiger partial charge < -0.3 is 10.8 Å². The molecular formula is C13H19ClN2O3S. The first-order chi connectivity index (χ1) is 9.08. The number of nitrogen functional groups attached to an aromatic ring is 1. The van der Waals surface area contributed by atoms with Crippen molar-refractivity contribution in [3.05, 3.63) is 22.7 Å². The molecule has 1 aliphatic heterocycles. The normalized spacial score (nSPS) is 19.1. The molecule has 0 spiro atoms. The number of hydrogen-bond donors (Lipinski definition) is 2. The van der Waals surface area contributed by atoms with E-state index in [4.69, 9.17) is 17.3 Å². The van der Waals surface area contributed by atoms with Crippen molar-refractivity contribution >= 4 is 27.3 Å². The van der Waals surface area contributed by atoms with Gasteiger partial charge in [0.05, 0.1) is 10.5 Å². The van der Waals surface area contributed by atoms with Crippen LogP contribution in [0.2, 0.25) is 5.02 Å². The van der Waals surface area contributed by atoms with Crippen molar-refractivity contribution in [3.8, 4) is 0 Å². The molecule has 0 amide bonds. The summed E-state index contributed by atoms with van der Waals surface area (Å²) in [5, 5.41) is 10.5. The van der Waals surface area contributed by atoms with Crippen LogP contribution < -0.4 is 5.73 Å². The van der Waals surface area contributed by atoms with Crippen molar-refractivity contribution in [3.63, 3.8) is 0 Å². The molecule has 3 N–H and O–H groups in total. The van der Waals surface area contributed by atoms with E-state index < -0.39 is 15.6 Å². The lowest BCUT2D eigenvalue weighted by Gasteiger charge is -2.48. The summed E-state index contributed by atoms with van der Waals surface area (Å²) in [4.78, 5) is 0.105. The zero-order valence-electron chi connectivity index (χ0n) is 11.7. The SMILES string of the molecule is Cc1c(N)cc(Cl)cc1S(=O)(=O)N1CC(O)(C(C)C)C1. The van der Waals surface area contributed by atoms with E-state index in [2.05, 4.69) is 0 Å². The topological polar surface area (TPSA) is 83.6 Å². The van der Waals surface area contributed by atoms with Gasteiger partial charge >= 0.3 is 0 Å². The second-order valence-electron chi connectivity index (χ2n) is 5.65. The Labute approximate surface area is 124 Å². The minimum absolute atomic E-state index is 0.000484. The highest BCUT2D eigenvalue weighted by atomic mass is 35.5. The van der Waals surface area contributed by atoms with Crippen molar-refractivity contribution in [2.75, 3.05) is 18.8 Å². The molecular weight excluding hydrogens is 300 g/mol. The summed E-state index contributed by atoms with van der Waals surface area (Å²) in [6.07, 6.45) is 0. The maximum atomic E-state index is 12.6. The average molecular weight is 319 g/mol. The number of hydrogen-bond acceptors (Lipinski definition) is 4. The van der Waals surface area contributed by atoms with Crippen LogP contribution in [0.5, 0.6) is 0 Å². The van der Waals surface area contributed by atoms with Crippen LogP contribution in [-0.2, 0) is 10.0 Å². The third kappa shape index (κ3) is 2.41. The number of sulfonamides is 1. The van der Waals surface area contributed by atoms with Crippen LogP contribution in [0.25, 0.3) is 0 Å². The summed E-state index contributed by atoms with van der Waals surface area (Å²) in [7, 11) is -3.67. The molecule has 0 aromatic heterocycles. The molecule has 5 nitrogen and oxygen atoms in total. The van der Waals surface area contributed by atoms with Crippen LogP contribution in [-0.4, -0.2) is 36.5 Å². The molecule has 1 saturated heterocycles. The molecule has 0 radical (unpaired) electrons. The highest BCUT2D eigenvalue weighted by Gasteiger charge is 2.49. The number of rotatable bonds is 3. The Kier molecular flexibility index (Phi) is 3.79. The fraction of sp³-hybridized carbons (Fsp3) is 0.538. The molecule has 0 aliphatic carbocycles. The van der Waals surface area contributed by atoms with Crippen LogP contribution in [0.15, 0.2) is 17.0 Å². The predicted octanol–water partition coefficient (Wildman–Crippen LogP) is 1.62. The van der Waals surface area contributed by atoms with E-state index >= 15 is 0 Å². The molecule has 0 bridgehead atoms. The van der Waals surface area contributed by atoms with Crippen LogP contribution >= 0.6 is 11.6 Å². The number of β-amino-alcohol motifs (C(OH)–C–C–N with tert-alkyl or cyclic N) is 1. The number of anilines is 1. The summed E-state index contributed by atoms with van der Waals surface area (Å²) in [5.74, 6) is -0.000484. The standard InChI is InChI=1S/C13H19ClN2O3S/c1-8(2)13(17)6-16(7-13)20(18,19)12-5-10(14)4-11(15)9(12)3/h4-5,8,17H,6-7,15H2,1-3H3. The lowest BCUT2D eigenvalue weighted by Crippen LogP contribution is -2.65. The maximum Gasteiger partial charge on any atom is 0.243 e. The van der Waals surface area contributed by atoms with Crippen LogP contribution in [0.4, 0.5) is 5.69 Å². The molecule has 1 heterocycles. The van der Waals surface area contributed by atoms with Gasteiger partial charge in [-0.2, -0.15) is 4.31 Å². The third-order valence-electron chi connectivity index (χ3n) is 3.96. The quantitative estimate of drug-likeness (QED) is 0.830. The number of halogens is 1. The van der Waals surface area contributed by atoms with E-state index in [0.29, 0.717) is 11.3 Å². The van der Waals surface area contributed by atoms with E-state index in [1.807, 2.05) is 13.8 Å². The summed E-state index contributed by atoms with van der Waals surface area (Å²) < 4.78 is 26.4. The largest absolute Gasteiger partial charge is 0.398 e. The van der Waals surface area contributed by atoms with Crippen molar-refractivity contribution in [2.45, 2.75) is 31.3 Å². The van der Waals surface area contributed by atoms with Crippen LogP contribution in [0, 0.1) is 12.8 Å². The van der Waals surface area contributed by atoms with Gasteiger partial charge in [0.1, 0.15) is 0 Å². The summed E-state index contributed by atoms with van der Waals surface area (Å²) in [6.45, 7) is 5.57. The van der Waals surface area contributed by atoms with E-state index in [1.54, 1.807) is 6.92 Å².